The first-order valence-corrected chi connectivity index (χ1v) is 6.10. The number of hydrogen-bond donors (Lipinski definition) is 0. The Bertz CT molecular complexity index is 550. The number of hydrogen-bond acceptors (Lipinski definition) is 4. The van der Waals surface area contributed by atoms with Crippen molar-refractivity contribution in [3.05, 3.63) is 29.8 Å². The molecule has 0 bridgehead atoms. The minimum atomic E-state index is -2.75. The van der Waals surface area contributed by atoms with Crippen molar-refractivity contribution in [3.8, 4) is 0 Å². The van der Waals surface area contributed by atoms with Gasteiger partial charge in [0.05, 0.1) is 27.9 Å². The molecule has 1 heterocycles. The van der Waals surface area contributed by atoms with Crippen LogP contribution in [0.25, 0.3) is 0 Å². The van der Waals surface area contributed by atoms with E-state index in [-0.39, 0.29) is 5.56 Å². The van der Waals surface area contributed by atoms with Crippen LogP contribution in [0.1, 0.15) is 42.2 Å². The highest BCUT2D eigenvalue weighted by Gasteiger charge is 2.51. The van der Waals surface area contributed by atoms with E-state index < -0.39 is 31.3 Å². The smallest absolute Gasteiger partial charge is 0.465 e. The average Bonchev–Trinajstić information content (AvgIpc) is 2.56. The Hall–Kier alpha value is -1.33. The van der Waals surface area contributed by atoms with Gasteiger partial charge >= 0.3 is 13.1 Å². The number of ether oxygens (including phenoxy) is 1. The van der Waals surface area contributed by atoms with E-state index in [0.29, 0.717) is 0 Å². The zero-order chi connectivity index (χ0) is 16.8. The van der Waals surface area contributed by atoms with Gasteiger partial charge in [0, 0.05) is 0 Å². The lowest BCUT2D eigenvalue weighted by molar-refractivity contribution is 0.00578. The molecule has 0 atom stereocenters. The third-order valence-corrected chi connectivity index (χ3v) is 3.76. The van der Waals surface area contributed by atoms with Gasteiger partial charge < -0.3 is 14.0 Å². The summed E-state index contributed by atoms with van der Waals surface area (Å²) in [6.07, 6.45) is 0. The summed E-state index contributed by atoms with van der Waals surface area (Å²) in [7, 11) is -3.28. The van der Waals surface area contributed by atoms with Crippen molar-refractivity contribution < 1.29 is 23.0 Å². The first-order chi connectivity index (χ1) is 9.91. The molecule has 0 saturated carbocycles. The van der Waals surface area contributed by atoms with Crippen molar-refractivity contribution in [2.24, 2.45) is 0 Å². The van der Waals surface area contributed by atoms with Crippen LogP contribution in [0.4, 0.5) is 0 Å². The van der Waals surface area contributed by atoms with Crippen LogP contribution in [0.5, 0.6) is 0 Å². The predicted octanol–water partition coefficient (Wildman–Crippen LogP) is 1.77. The third kappa shape index (κ3) is 2.53. The van der Waals surface area contributed by atoms with Gasteiger partial charge in [-0.05, 0) is 45.3 Å². The van der Waals surface area contributed by atoms with E-state index >= 15 is 0 Å². The molecule has 5 heteroatoms. The van der Waals surface area contributed by atoms with Gasteiger partial charge in [-0.2, -0.15) is 0 Å². The summed E-state index contributed by atoms with van der Waals surface area (Å²) < 4.78 is 36.9. The SMILES string of the molecule is [2H]C([2H])([2H])OC(=O)c1ccc(B2OC(C)(C)C(C)(C)O2)cc1. The van der Waals surface area contributed by atoms with Crippen molar-refractivity contribution in [3.63, 3.8) is 0 Å². The fourth-order valence-corrected chi connectivity index (χ4v) is 1.81. The molecule has 2 rings (SSSR count). The summed E-state index contributed by atoms with van der Waals surface area (Å²) in [5.74, 6) is -0.888. The zero-order valence-electron chi connectivity index (χ0n) is 14.5. The number of carbonyl (C=O) groups excluding carboxylic acids is 1. The molecule has 1 aliphatic heterocycles. The molecule has 4 nitrogen and oxygen atoms in total. The van der Waals surface area contributed by atoms with Crippen LogP contribution < -0.4 is 5.46 Å². The van der Waals surface area contributed by atoms with Crippen LogP contribution in [-0.4, -0.2) is 31.3 Å². The maximum atomic E-state index is 11.7. The molecule has 0 unspecified atom stereocenters. The fraction of sp³-hybridized carbons (Fsp3) is 0.500. The van der Waals surface area contributed by atoms with Crippen molar-refractivity contribution >= 4 is 18.6 Å². The van der Waals surface area contributed by atoms with Crippen LogP contribution >= 0.6 is 0 Å². The summed E-state index contributed by atoms with van der Waals surface area (Å²) in [5.41, 5.74) is 0.0213. The second kappa shape index (κ2) is 4.65. The summed E-state index contributed by atoms with van der Waals surface area (Å²) in [5, 5.41) is 0. The van der Waals surface area contributed by atoms with Gasteiger partial charge in [0.2, 0.25) is 0 Å². The van der Waals surface area contributed by atoms with Crippen LogP contribution in [-0.2, 0) is 14.0 Å². The molecular formula is C14H19BO4. The summed E-state index contributed by atoms with van der Waals surface area (Å²) in [6, 6.07) is 6.32. The number of rotatable bonds is 2. The minimum Gasteiger partial charge on any atom is -0.465 e. The van der Waals surface area contributed by atoms with Gasteiger partial charge in [-0.15, -0.1) is 0 Å². The third-order valence-electron chi connectivity index (χ3n) is 3.76. The monoisotopic (exact) mass is 265 g/mol. The quantitative estimate of drug-likeness (QED) is 0.604. The Balaban J connectivity index is 2.12. The van der Waals surface area contributed by atoms with Gasteiger partial charge in [-0.3, -0.25) is 0 Å². The van der Waals surface area contributed by atoms with Crippen molar-refractivity contribution in [1.29, 1.82) is 0 Å². The molecule has 19 heavy (non-hydrogen) atoms. The summed E-state index contributed by atoms with van der Waals surface area (Å²) in [4.78, 5) is 11.7. The van der Waals surface area contributed by atoms with Crippen LogP contribution in [0.15, 0.2) is 24.3 Å². The summed E-state index contributed by atoms with van der Waals surface area (Å²) >= 11 is 0. The lowest BCUT2D eigenvalue weighted by Gasteiger charge is -2.32. The summed E-state index contributed by atoms with van der Waals surface area (Å²) in [6.45, 7) is 7.81. The van der Waals surface area contributed by atoms with E-state index in [1.54, 1.807) is 12.1 Å². The van der Waals surface area contributed by atoms with E-state index in [9.17, 15) is 4.79 Å². The van der Waals surface area contributed by atoms with Crippen molar-refractivity contribution in [2.45, 2.75) is 38.9 Å². The van der Waals surface area contributed by atoms with E-state index in [4.69, 9.17) is 13.4 Å². The Morgan fingerprint density at radius 3 is 2.16 bits per heavy atom. The van der Waals surface area contributed by atoms with E-state index in [2.05, 4.69) is 4.74 Å². The Kier molecular flexibility index (Phi) is 2.56. The van der Waals surface area contributed by atoms with Gasteiger partial charge in [0.1, 0.15) is 0 Å². The average molecular weight is 265 g/mol. The van der Waals surface area contributed by atoms with Gasteiger partial charge in [-0.25, -0.2) is 4.79 Å². The highest BCUT2D eigenvalue weighted by Crippen LogP contribution is 2.36. The predicted molar refractivity (Wildman–Crippen MR) is 73.5 cm³/mol. The maximum absolute atomic E-state index is 11.7. The topological polar surface area (TPSA) is 44.8 Å². The molecule has 1 fully saturated rings. The van der Waals surface area contributed by atoms with Crippen molar-refractivity contribution in [2.75, 3.05) is 7.04 Å². The second-order valence-electron chi connectivity index (χ2n) is 5.60. The molecule has 0 N–H and O–H groups in total. The molecule has 1 aliphatic rings. The highest BCUT2D eigenvalue weighted by atomic mass is 16.7. The standard InChI is InChI=1S/C14H19BO4/c1-13(2)14(3,4)19-15(18-13)11-8-6-10(7-9-11)12(16)17-5/h6-9H,1-5H3/i5D3. The van der Waals surface area contributed by atoms with Gasteiger partial charge in [-0.1, -0.05) is 12.1 Å². The van der Waals surface area contributed by atoms with Gasteiger partial charge in [0.15, 0.2) is 0 Å². The molecular weight excluding hydrogens is 243 g/mol. The first-order valence-electron chi connectivity index (χ1n) is 7.60. The van der Waals surface area contributed by atoms with Crippen LogP contribution in [0, 0.1) is 0 Å². The largest absolute Gasteiger partial charge is 0.494 e. The van der Waals surface area contributed by atoms with Crippen molar-refractivity contribution in [1.82, 2.24) is 0 Å². The number of carbonyl (C=O) groups is 1. The number of benzene rings is 1. The van der Waals surface area contributed by atoms with Gasteiger partial charge in [0.25, 0.3) is 0 Å². The Labute approximate surface area is 118 Å². The fourth-order valence-electron chi connectivity index (χ4n) is 1.81. The molecule has 1 aromatic rings. The highest BCUT2D eigenvalue weighted by molar-refractivity contribution is 6.62. The molecule has 0 radical (unpaired) electrons. The lowest BCUT2D eigenvalue weighted by atomic mass is 9.79. The molecule has 1 aromatic carbocycles. The molecule has 0 aromatic heterocycles. The second-order valence-corrected chi connectivity index (χ2v) is 5.60. The molecule has 1 saturated heterocycles. The Morgan fingerprint density at radius 1 is 1.16 bits per heavy atom. The maximum Gasteiger partial charge on any atom is 0.494 e. The molecule has 0 spiro atoms. The number of methoxy groups -OCH3 is 1. The zero-order valence-corrected chi connectivity index (χ0v) is 11.5. The van der Waals surface area contributed by atoms with E-state index in [1.807, 2.05) is 27.7 Å². The molecule has 102 valence electrons. The van der Waals surface area contributed by atoms with E-state index in [1.165, 1.54) is 12.1 Å². The first kappa shape index (κ1) is 10.5. The van der Waals surface area contributed by atoms with Crippen LogP contribution in [0.3, 0.4) is 0 Å². The number of esters is 1. The Morgan fingerprint density at radius 2 is 1.68 bits per heavy atom. The molecule has 0 aliphatic carbocycles. The van der Waals surface area contributed by atoms with Crippen LogP contribution in [0.2, 0.25) is 0 Å². The lowest BCUT2D eigenvalue weighted by Crippen LogP contribution is -2.41. The van der Waals surface area contributed by atoms with E-state index in [0.717, 1.165) is 5.46 Å². The normalized spacial score (nSPS) is 23.4. The minimum absolute atomic E-state index is 0.163. The molecule has 0 amide bonds.